The lowest BCUT2D eigenvalue weighted by atomic mass is 10.0. The summed E-state index contributed by atoms with van der Waals surface area (Å²) in [6, 6.07) is 26.5. The molecule has 4 aromatic carbocycles. The summed E-state index contributed by atoms with van der Waals surface area (Å²) in [4.78, 5) is 29.9. The molecule has 248 valence electrons. The number of carbonyl (C=O) groups is 2. The third-order valence-electron chi connectivity index (χ3n) is 7.66. The molecule has 0 spiro atoms. The fourth-order valence-electron chi connectivity index (χ4n) is 5.07. The van der Waals surface area contributed by atoms with Crippen LogP contribution in [0, 0.1) is 6.92 Å². The number of anilines is 1. The van der Waals surface area contributed by atoms with E-state index in [1.807, 2.05) is 44.2 Å². The van der Waals surface area contributed by atoms with Crippen LogP contribution in [0.4, 0.5) is 5.69 Å². The molecule has 0 radical (unpaired) electrons. The molecule has 0 heterocycles. The van der Waals surface area contributed by atoms with E-state index in [2.05, 4.69) is 5.32 Å². The predicted molar refractivity (Wildman–Crippen MR) is 184 cm³/mol. The normalized spacial score (nSPS) is 11.8. The summed E-state index contributed by atoms with van der Waals surface area (Å²) in [6.45, 7) is 3.52. The van der Waals surface area contributed by atoms with Crippen LogP contribution < -0.4 is 19.1 Å². The van der Waals surface area contributed by atoms with Gasteiger partial charge in [0, 0.05) is 30.6 Å². The predicted octanol–water partition coefficient (Wildman–Crippen LogP) is 6.03. The summed E-state index contributed by atoms with van der Waals surface area (Å²) in [5, 5.41) is 3.35. The van der Waals surface area contributed by atoms with Crippen molar-refractivity contribution in [3.63, 3.8) is 0 Å². The molecule has 47 heavy (non-hydrogen) atoms. The second-order valence-electron chi connectivity index (χ2n) is 11.0. The van der Waals surface area contributed by atoms with Crippen molar-refractivity contribution in [2.45, 2.75) is 44.2 Å². The molecule has 0 aromatic heterocycles. The van der Waals surface area contributed by atoms with E-state index in [0.717, 1.165) is 15.4 Å². The molecule has 0 bridgehead atoms. The molecular formula is C36H40ClN3O6S. The summed E-state index contributed by atoms with van der Waals surface area (Å²) < 4.78 is 40.7. The number of hydrogen-bond donors (Lipinski definition) is 1. The van der Waals surface area contributed by atoms with E-state index < -0.39 is 28.5 Å². The Kier molecular flexibility index (Phi) is 12.3. The molecule has 0 aliphatic rings. The van der Waals surface area contributed by atoms with Gasteiger partial charge in [-0.25, -0.2) is 8.42 Å². The maximum absolute atomic E-state index is 14.7. The van der Waals surface area contributed by atoms with Gasteiger partial charge in [0.2, 0.25) is 11.8 Å². The van der Waals surface area contributed by atoms with Gasteiger partial charge in [-0.15, -0.1) is 0 Å². The van der Waals surface area contributed by atoms with E-state index in [1.165, 1.54) is 37.3 Å². The van der Waals surface area contributed by atoms with Gasteiger partial charge in [0.05, 0.1) is 24.8 Å². The van der Waals surface area contributed by atoms with Gasteiger partial charge in [-0.2, -0.15) is 0 Å². The van der Waals surface area contributed by atoms with Crippen molar-refractivity contribution >= 4 is 39.1 Å². The van der Waals surface area contributed by atoms with Crippen molar-refractivity contribution in [3.05, 3.63) is 119 Å². The van der Waals surface area contributed by atoms with Crippen molar-refractivity contribution in [1.29, 1.82) is 0 Å². The van der Waals surface area contributed by atoms with E-state index in [-0.39, 0.29) is 35.2 Å². The van der Waals surface area contributed by atoms with E-state index in [0.29, 0.717) is 29.3 Å². The molecule has 11 heteroatoms. The number of aryl methyl sites for hydroxylation is 1. The topological polar surface area (TPSA) is 105 Å². The van der Waals surface area contributed by atoms with Gasteiger partial charge in [0.1, 0.15) is 24.1 Å². The Morgan fingerprint density at radius 3 is 2.21 bits per heavy atom. The Labute approximate surface area is 282 Å². The SMILES string of the molecule is CCCNC(=O)[C@H](Cc1ccccc1)N(Cc1ccccc1Cl)C(=O)CN(c1cc(OC)ccc1OC)S(=O)(=O)c1ccc(C)cc1. The summed E-state index contributed by atoms with van der Waals surface area (Å²) in [7, 11) is -1.45. The van der Waals surface area contributed by atoms with Gasteiger partial charge in [-0.3, -0.25) is 13.9 Å². The Bertz CT molecular complexity index is 1770. The highest BCUT2D eigenvalue weighted by Gasteiger charge is 2.36. The summed E-state index contributed by atoms with van der Waals surface area (Å²) in [5.41, 5.74) is 2.42. The average Bonchev–Trinajstić information content (AvgIpc) is 3.08. The molecule has 1 N–H and O–H groups in total. The van der Waals surface area contributed by atoms with Crippen LogP contribution in [0.3, 0.4) is 0 Å². The van der Waals surface area contributed by atoms with E-state index in [4.69, 9.17) is 21.1 Å². The first-order valence-corrected chi connectivity index (χ1v) is 17.1. The van der Waals surface area contributed by atoms with Crippen LogP contribution in [0.5, 0.6) is 11.5 Å². The Balaban J connectivity index is 1.87. The monoisotopic (exact) mass is 677 g/mol. The fourth-order valence-corrected chi connectivity index (χ4v) is 6.68. The molecule has 2 amide bonds. The zero-order valence-corrected chi connectivity index (χ0v) is 28.6. The fraction of sp³-hybridized carbons (Fsp3) is 0.278. The molecule has 0 aliphatic carbocycles. The highest BCUT2D eigenvalue weighted by atomic mass is 35.5. The van der Waals surface area contributed by atoms with Crippen molar-refractivity contribution in [2.75, 3.05) is 31.6 Å². The highest BCUT2D eigenvalue weighted by Crippen LogP contribution is 2.36. The number of benzene rings is 4. The number of nitrogens with zero attached hydrogens (tertiary/aromatic N) is 2. The van der Waals surface area contributed by atoms with Gasteiger partial charge in [-0.1, -0.05) is 84.8 Å². The van der Waals surface area contributed by atoms with E-state index in [9.17, 15) is 18.0 Å². The maximum Gasteiger partial charge on any atom is 0.264 e. The smallest absolute Gasteiger partial charge is 0.264 e. The Hall–Kier alpha value is -4.54. The average molecular weight is 678 g/mol. The molecular weight excluding hydrogens is 638 g/mol. The lowest BCUT2D eigenvalue weighted by Crippen LogP contribution is -2.53. The van der Waals surface area contributed by atoms with Crippen LogP contribution in [-0.2, 0) is 32.6 Å². The number of sulfonamides is 1. The minimum Gasteiger partial charge on any atom is -0.497 e. The third kappa shape index (κ3) is 8.84. The van der Waals surface area contributed by atoms with Crippen molar-refractivity contribution in [1.82, 2.24) is 10.2 Å². The number of rotatable bonds is 15. The standard InChI is InChI=1S/C36H40ClN3O6S/c1-5-21-38-36(42)33(22-27-11-7-6-8-12-27)39(24-28-13-9-10-14-31(28)37)35(41)25-40(32-23-29(45-3)17-20-34(32)46-4)47(43,44)30-18-15-26(2)16-19-30/h6-20,23,33H,5,21-22,24-25H2,1-4H3,(H,38,42)/t33-/m0/s1. The van der Waals surface area contributed by atoms with Crippen LogP contribution in [0.15, 0.2) is 102 Å². The second kappa shape index (κ2) is 16.3. The van der Waals surface area contributed by atoms with Gasteiger partial charge in [0.15, 0.2) is 0 Å². The third-order valence-corrected chi connectivity index (χ3v) is 9.80. The molecule has 4 aromatic rings. The molecule has 0 saturated heterocycles. The van der Waals surface area contributed by atoms with Gasteiger partial charge >= 0.3 is 0 Å². The Morgan fingerprint density at radius 1 is 0.894 bits per heavy atom. The number of halogens is 1. The summed E-state index contributed by atoms with van der Waals surface area (Å²) in [6.07, 6.45) is 0.889. The highest BCUT2D eigenvalue weighted by molar-refractivity contribution is 7.92. The molecule has 9 nitrogen and oxygen atoms in total. The number of methoxy groups -OCH3 is 2. The maximum atomic E-state index is 14.7. The van der Waals surface area contributed by atoms with Gasteiger partial charge in [-0.05, 0) is 54.8 Å². The van der Waals surface area contributed by atoms with Crippen molar-refractivity contribution in [2.24, 2.45) is 0 Å². The second-order valence-corrected chi connectivity index (χ2v) is 13.2. The van der Waals surface area contributed by atoms with E-state index in [1.54, 1.807) is 48.5 Å². The largest absolute Gasteiger partial charge is 0.497 e. The van der Waals surface area contributed by atoms with Crippen LogP contribution in [-0.4, -0.2) is 58.5 Å². The minimum absolute atomic E-state index is 0.0139. The number of hydrogen-bond acceptors (Lipinski definition) is 6. The summed E-state index contributed by atoms with van der Waals surface area (Å²) in [5.74, 6) is -0.388. The first-order chi connectivity index (χ1) is 22.6. The van der Waals surface area contributed by atoms with Crippen LogP contribution in [0.1, 0.15) is 30.0 Å². The zero-order chi connectivity index (χ0) is 34.0. The lowest BCUT2D eigenvalue weighted by molar-refractivity contribution is -0.140. The quantitative estimate of drug-likeness (QED) is 0.165. The molecule has 0 saturated carbocycles. The number of amides is 2. The van der Waals surface area contributed by atoms with E-state index >= 15 is 0 Å². The van der Waals surface area contributed by atoms with Crippen LogP contribution in [0.25, 0.3) is 0 Å². The van der Waals surface area contributed by atoms with Crippen molar-refractivity contribution < 1.29 is 27.5 Å². The molecule has 0 fully saturated rings. The number of carbonyl (C=O) groups excluding carboxylic acids is 2. The van der Waals surface area contributed by atoms with Gasteiger partial charge < -0.3 is 19.7 Å². The zero-order valence-electron chi connectivity index (χ0n) is 27.0. The van der Waals surface area contributed by atoms with Crippen LogP contribution >= 0.6 is 11.6 Å². The molecule has 0 aliphatic heterocycles. The first-order valence-electron chi connectivity index (χ1n) is 15.2. The number of nitrogens with one attached hydrogen (secondary N) is 1. The Morgan fingerprint density at radius 2 is 1.57 bits per heavy atom. The molecule has 0 unspecified atom stereocenters. The number of ether oxygens (including phenoxy) is 2. The van der Waals surface area contributed by atoms with Gasteiger partial charge in [0.25, 0.3) is 10.0 Å². The van der Waals surface area contributed by atoms with Crippen LogP contribution in [0.2, 0.25) is 5.02 Å². The molecule has 1 atom stereocenters. The molecule has 4 rings (SSSR count). The minimum atomic E-state index is -4.33. The summed E-state index contributed by atoms with van der Waals surface area (Å²) >= 11 is 6.57. The first kappa shape index (κ1) is 35.3. The lowest BCUT2D eigenvalue weighted by Gasteiger charge is -2.34. The van der Waals surface area contributed by atoms with Crippen molar-refractivity contribution in [3.8, 4) is 11.5 Å².